The third kappa shape index (κ3) is 2.48. The number of esters is 1. The average molecular weight is 280 g/mol. The summed E-state index contributed by atoms with van der Waals surface area (Å²) in [5, 5.41) is 4.09. The fraction of sp³-hybridized carbons (Fsp3) is 0.118. The zero-order valence-corrected chi connectivity index (χ0v) is 11.9. The van der Waals surface area contributed by atoms with Crippen molar-refractivity contribution in [2.24, 2.45) is 0 Å². The van der Waals surface area contributed by atoms with Gasteiger partial charge in [0.25, 0.3) is 0 Å². The summed E-state index contributed by atoms with van der Waals surface area (Å²) in [6.07, 6.45) is 0. The van der Waals surface area contributed by atoms with E-state index in [4.69, 9.17) is 4.74 Å². The number of hydrogen-bond acceptors (Lipinski definition) is 3. The lowest BCUT2D eigenvalue weighted by Gasteiger charge is -2.07. The third-order valence-corrected chi connectivity index (χ3v) is 3.42. The first-order valence-electron chi connectivity index (χ1n) is 6.72. The van der Waals surface area contributed by atoms with Crippen molar-refractivity contribution >= 4 is 28.4 Å². The minimum atomic E-state index is -0.359. The zero-order chi connectivity index (χ0) is 14.8. The predicted molar refractivity (Wildman–Crippen MR) is 84.1 cm³/mol. The number of hydrogen-bond donors (Lipinski definition) is 2. The minimum absolute atomic E-state index is 0.359. The van der Waals surface area contributed by atoms with E-state index in [0.29, 0.717) is 11.4 Å². The molecule has 0 amide bonds. The SMILES string of the molecule is COC(=O)c1c(Nc2ccc(C)cc2)[nH]c2ccccc12. The number of carbonyl (C=O) groups is 1. The van der Waals surface area contributed by atoms with Crippen molar-refractivity contribution in [1.29, 1.82) is 0 Å². The number of methoxy groups -OCH3 is 1. The lowest BCUT2D eigenvalue weighted by atomic mass is 10.1. The molecule has 0 saturated heterocycles. The van der Waals surface area contributed by atoms with Gasteiger partial charge in [-0.05, 0) is 25.1 Å². The van der Waals surface area contributed by atoms with Gasteiger partial charge in [0.1, 0.15) is 11.4 Å². The summed E-state index contributed by atoms with van der Waals surface area (Å²) < 4.78 is 4.90. The van der Waals surface area contributed by atoms with Gasteiger partial charge in [0.15, 0.2) is 0 Å². The second kappa shape index (κ2) is 5.32. The van der Waals surface area contributed by atoms with Crippen molar-refractivity contribution in [3.8, 4) is 0 Å². The molecule has 0 radical (unpaired) electrons. The molecule has 0 fully saturated rings. The number of aryl methyl sites for hydroxylation is 1. The van der Waals surface area contributed by atoms with E-state index in [9.17, 15) is 4.79 Å². The third-order valence-electron chi connectivity index (χ3n) is 3.42. The second-order valence-electron chi connectivity index (χ2n) is 4.90. The van der Waals surface area contributed by atoms with Gasteiger partial charge in [-0.25, -0.2) is 4.79 Å². The van der Waals surface area contributed by atoms with Gasteiger partial charge in [0, 0.05) is 16.6 Å². The highest BCUT2D eigenvalue weighted by Gasteiger charge is 2.18. The van der Waals surface area contributed by atoms with E-state index < -0.39 is 0 Å². The number of anilines is 2. The predicted octanol–water partition coefficient (Wildman–Crippen LogP) is 4.01. The Kier molecular flexibility index (Phi) is 3.36. The van der Waals surface area contributed by atoms with Gasteiger partial charge >= 0.3 is 5.97 Å². The van der Waals surface area contributed by atoms with Crippen LogP contribution in [0, 0.1) is 6.92 Å². The average Bonchev–Trinajstić information content (AvgIpc) is 2.86. The number of ether oxygens (including phenoxy) is 1. The number of aromatic amines is 1. The van der Waals surface area contributed by atoms with Crippen molar-refractivity contribution in [2.45, 2.75) is 6.92 Å². The molecular formula is C17H16N2O2. The molecular weight excluding hydrogens is 264 g/mol. The van der Waals surface area contributed by atoms with Crippen LogP contribution in [-0.2, 0) is 4.74 Å². The number of para-hydroxylation sites is 1. The number of nitrogens with one attached hydrogen (secondary N) is 2. The van der Waals surface area contributed by atoms with E-state index >= 15 is 0 Å². The van der Waals surface area contributed by atoms with Crippen LogP contribution in [0.15, 0.2) is 48.5 Å². The second-order valence-corrected chi connectivity index (χ2v) is 4.90. The number of benzene rings is 2. The normalized spacial score (nSPS) is 10.6. The summed E-state index contributed by atoms with van der Waals surface area (Å²) in [5.74, 6) is 0.286. The van der Waals surface area contributed by atoms with Crippen LogP contribution in [0.4, 0.5) is 11.5 Å². The molecule has 21 heavy (non-hydrogen) atoms. The molecule has 0 unspecified atom stereocenters. The Bertz CT molecular complexity index is 788. The molecule has 1 aromatic heterocycles. The van der Waals surface area contributed by atoms with Crippen molar-refractivity contribution in [3.63, 3.8) is 0 Å². The molecule has 0 bridgehead atoms. The first kappa shape index (κ1) is 13.2. The molecule has 4 nitrogen and oxygen atoms in total. The molecule has 3 aromatic rings. The lowest BCUT2D eigenvalue weighted by Crippen LogP contribution is -2.04. The van der Waals surface area contributed by atoms with Gasteiger partial charge in [-0.3, -0.25) is 0 Å². The summed E-state index contributed by atoms with van der Waals surface area (Å²) in [5.41, 5.74) is 3.52. The van der Waals surface area contributed by atoms with Crippen LogP contribution in [0.2, 0.25) is 0 Å². The fourth-order valence-electron chi connectivity index (χ4n) is 2.33. The van der Waals surface area contributed by atoms with E-state index in [0.717, 1.165) is 16.6 Å². The number of carbonyl (C=O) groups excluding carboxylic acids is 1. The van der Waals surface area contributed by atoms with E-state index in [2.05, 4.69) is 10.3 Å². The molecule has 3 rings (SSSR count). The van der Waals surface area contributed by atoms with Crippen LogP contribution in [-0.4, -0.2) is 18.1 Å². The smallest absolute Gasteiger partial charge is 0.342 e. The number of H-pyrrole nitrogens is 1. The standard InChI is InChI=1S/C17H16N2O2/c1-11-7-9-12(10-8-11)18-16-15(17(20)21-2)13-5-3-4-6-14(13)19-16/h3-10,18-19H,1-2H3. The zero-order valence-electron chi connectivity index (χ0n) is 11.9. The lowest BCUT2D eigenvalue weighted by molar-refractivity contribution is 0.0604. The van der Waals surface area contributed by atoms with E-state index in [1.54, 1.807) is 0 Å². The van der Waals surface area contributed by atoms with Crippen LogP contribution < -0.4 is 5.32 Å². The van der Waals surface area contributed by atoms with E-state index in [-0.39, 0.29) is 5.97 Å². The highest BCUT2D eigenvalue weighted by atomic mass is 16.5. The minimum Gasteiger partial charge on any atom is -0.465 e. The first-order chi connectivity index (χ1) is 10.2. The fourth-order valence-corrected chi connectivity index (χ4v) is 2.33. The Labute approximate surface area is 122 Å². The van der Waals surface area contributed by atoms with Crippen LogP contribution >= 0.6 is 0 Å². The molecule has 0 saturated carbocycles. The molecule has 2 aromatic carbocycles. The summed E-state index contributed by atoms with van der Waals surface area (Å²) in [4.78, 5) is 15.3. The molecule has 0 atom stereocenters. The van der Waals surface area contributed by atoms with Gasteiger partial charge in [-0.15, -0.1) is 0 Å². The summed E-state index contributed by atoms with van der Waals surface area (Å²) in [6.45, 7) is 2.03. The van der Waals surface area contributed by atoms with Gasteiger partial charge in [-0.2, -0.15) is 0 Å². The van der Waals surface area contributed by atoms with Crippen LogP contribution in [0.5, 0.6) is 0 Å². The highest BCUT2D eigenvalue weighted by molar-refractivity contribution is 6.09. The summed E-state index contributed by atoms with van der Waals surface area (Å²) in [6, 6.07) is 15.6. The maximum Gasteiger partial charge on any atom is 0.342 e. The van der Waals surface area contributed by atoms with Crippen LogP contribution in [0.3, 0.4) is 0 Å². The summed E-state index contributed by atoms with van der Waals surface area (Å²) >= 11 is 0. The van der Waals surface area contributed by atoms with E-state index in [1.165, 1.54) is 12.7 Å². The molecule has 1 heterocycles. The van der Waals surface area contributed by atoms with Crippen molar-refractivity contribution in [1.82, 2.24) is 4.98 Å². The van der Waals surface area contributed by atoms with Gasteiger partial charge in [0.05, 0.1) is 7.11 Å². The van der Waals surface area contributed by atoms with Crippen molar-refractivity contribution in [2.75, 3.05) is 12.4 Å². The maximum absolute atomic E-state index is 12.1. The first-order valence-corrected chi connectivity index (χ1v) is 6.72. The molecule has 0 aliphatic carbocycles. The van der Waals surface area contributed by atoms with Gasteiger partial charge in [0.2, 0.25) is 0 Å². The molecule has 0 aliphatic rings. The van der Waals surface area contributed by atoms with Crippen LogP contribution in [0.25, 0.3) is 10.9 Å². The monoisotopic (exact) mass is 280 g/mol. The van der Waals surface area contributed by atoms with Crippen LogP contribution in [0.1, 0.15) is 15.9 Å². The molecule has 0 spiro atoms. The largest absolute Gasteiger partial charge is 0.465 e. The molecule has 106 valence electrons. The Morgan fingerprint density at radius 2 is 1.81 bits per heavy atom. The number of aromatic nitrogens is 1. The highest BCUT2D eigenvalue weighted by Crippen LogP contribution is 2.29. The summed E-state index contributed by atoms with van der Waals surface area (Å²) in [7, 11) is 1.39. The quantitative estimate of drug-likeness (QED) is 0.713. The number of rotatable bonds is 3. The van der Waals surface area contributed by atoms with Gasteiger partial charge < -0.3 is 15.0 Å². The number of fused-ring (bicyclic) bond motifs is 1. The Morgan fingerprint density at radius 1 is 1.10 bits per heavy atom. The van der Waals surface area contributed by atoms with Crippen molar-refractivity contribution < 1.29 is 9.53 Å². The molecule has 4 heteroatoms. The molecule has 2 N–H and O–H groups in total. The van der Waals surface area contributed by atoms with Gasteiger partial charge in [-0.1, -0.05) is 35.9 Å². The molecule has 0 aliphatic heterocycles. The Morgan fingerprint density at radius 3 is 2.52 bits per heavy atom. The maximum atomic E-state index is 12.1. The topological polar surface area (TPSA) is 54.1 Å². The Hall–Kier alpha value is -2.75. The van der Waals surface area contributed by atoms with Crippen molar-refractivity contribution in [3.05, 3.63) is 59.7 Å². The Balaban J connectivity index is 2.08. The van der Waals surface area contributed by atoms with E-state index in [1.807, 2.05) is 55.5 Å².